The van der Waals surface area contributed by atoms with E-state index < -0.39 is 0 Å². The Morgan fingerprint density at radius 1 is 1.09 bits per heavy atom. The lowest BCUT2D eigenvalue weighted by atomic mass is 9.86. The number of piperidine rings is 1. The molecule has 2 aliphatic rings. The zero-order valence-corrected chi connectivity index (χ0v) is 13.7. The molecule has 2 atom stereocenters. The molecule has 2 nitrogen and oxygen atoms in total. The van der Waals surface area contributed by atoms with E-state index in [1.165, 1.54) is 50.6 Å². The van der Waals surface area contributed by atoms with Crippen LogP contribution in [0.15, 0.2) is 24.3 Å². The molecule has 1 saturated heterocycles. The van der Waals surface area contributed by atoms with Crippen LogP contribution in [0.3, 0.4) is 0 Å². The van der Waals surface area contributed by atoms with Crippen LogP contribution in [0.5, 0.6) is 0 Å². The zero-order valence-electron chi connectivity index (χ0n) is 13.7. The molecule has 3 rings (SSSR count). The van der Waals surface area contributed by atoms with E-state index in [0.29, 0.717) is 12.0 Å². The van der Waals surface area contributed by atoms with E-state index in [1.807, 2.05) is 12.1 Å². The summed E-state index contributed by atoms with van der Waals surface area (Å²) in [7, 11) is 2.20. The Kier molecular flexibility index (Phi) is 5.48. The van der Waals surface area contributed by atoms with Crippen LogP contribution in [-0.2, 0) is 0 Å². The van der Waals surface area contributed by atoms with Gasteiger partial charge in [-0.1, -0.05) is 31.4 Å². The van der Waals surface area contributed by atoms with Gasteiger partial charge in [-0.25, -0.2) is 4.39 Å². The number of nitrogens with zero attached hydrogens (tertiary/aromatic N) is 1. The van der Waals surface area contributed by atoms with Gasteiger partial charge in [0.25, 0.3) is 0 Å². The molecular weight excluding hydrogens is 275 g/mol. The van der Waals surface area contributed by atoms with Crippen molar-refractivity contribution in [2.45, 2.75) is 50.5 Å². The fourth-order valence-electron chi connectivity index (χ4n) is 4.17. The molecule has 0 spiro atoms. The third-order valence-corrected chi connectivity index (χ3v) is 5.39. The molecular formula is C19H29FN2. The minimum Gasteiger partial charge on any atom is -0.312 e. The van der Waals surface area contributed by atoms with Gasteiger partial charge >= 0.3 is 0 Å². The number of halogens is 1. The monoisotopic (exact) mass is 304 g/mol. The van der Waals surface area contributed by atoms with Crippen LogP contribution in [0, 0.1) is 11.7 Å². The van der Waals surface area contributed by atoms with E-state index in [2.05, 4.69) is 17.3 Å². The molecule has 1 saturated carbocycles. The lowest BCUT2D eigenvalue weighted by Gasteiger charge is -2.37. The molecule has 1 N–H and O–H groups in total. The Balaban J connectivity index is 1.54. The number of rotatable bonds is 4. The molecule has 3 heteroatoms. The average molecular weight is 304 g/mol. The predicted octanol–water partition coefficient (Wildman–Crippen LogP) is 3.78. The SMILES string of the molecule is CN1CC(NCC2CCCCC2)CC(c2ccc(F)cc2)C1. The van der Waals surface area contributed by atoms with Crippen molar-refractivity contribution in [3.63, 3.8) is 0 Å². The maximum Gasteiger partial charge on any atom is 0.123 e. The van der Waals surface area contributed by atoms with Crippen molar-refractivity contribution in [2.24, 2.45) is 5.92 Å². The second-order valence-electron chi connectivity index (χ2n) is 7.31. The van der Waals surface area contributed by atoms with Gasteiger partial charge < -0.3 is 10.2 Å². The number of hydrogen-bond acceptors (Lipinski definition) is 2. The predicted molar refractivity (Wildman–Crippen MR) is 89.6 cm³/mol. The molecule has 122 valence electrons. The summed E-state index contributed by atoms with van der Waals surface area (Å²) in [6.45, 7) is 3.38. The van der Waals surface area contributed by atoms with Gasteiger partial charge in [-0.3, -0.25) is 0 Å². The Bertz CT molecular complexity index is 453. The summed E-state index contributed by atoms with van der Waals surface area (Å²) in [5.41, 5.74) is 1.28. The third-order valence-electron chi connectivity index (χ3n) is 5.39. The van der Waals surface area contributed by atoms with Crippen molar-refractivity contribution in [1.29, 1.82) is 0 Å². The summed E-state index contributed by atoms with van der Waals surface area (Å²) in [5.74, 6) is 1.26. The number of benzene rings is 1. The molecule has 0 amide bonds. The maximum atomic E-state index is 13.1. The van der Waals surface area contributed by atoms with Gasteiger partial charge in [0.2, 0.25) is 0 Å². The van der Waals surface area contributed by atoms with Crippen LogP contribution >= 0.6 is 0 Å². The van der Waals surface area contributed by atoms with E-state index >= 15 is 0 Å². The number of hydrogen-bond donors (Lipinski definition) is 1. The standard InChI is InChI=1S/C19H29FN2/c1-22-13-17(16-7-9-18(20)10-8-16)11-19(14-22)21-12-15-5-3-2-4-6-15/h7-10,15,17,19,21H,2-6,11-14H2,1H3. The lowest BCUT2D eigenvalue weighted by molar-refractivity contribution is 0.195. The summed E-state index contributed by atoms with van der Waals surface area (Å²) in [4.78, 5) is 2.41. The smallest absolute Gasteiger partial charge is 0.123 e. The molecule has 0 aromatic heterocycles. The Morgan fingerprint density at radius 3 is 2.55 bits per heavy atom. The molecule has 0 bridgehead atoms. The molecule has 22 heavy (non-hydrogen) atoms. The maximum absolute atomic E-state index is 13.1. The van der Waals surface area contributed by atoms with Crippen LogP contribution in [0.4, 0.5) is 4.39 Å². The van der Waals surface area contributed by atoms with Crippen molar-refractivity contribution >= 4 is 0 Å². The molecule has 1 heterocycles. The van der Waals surface area contributed by atoms with Crippen molar-refractivity contribution in [3.05, 3.63) is 35.6 Å². The zero-order chi connectivity index (χ0) is 15.4. The van der Waals surface area contributed by atoms with E-state index in [0.717, 1.165) is 19.0 Å². The van der Waals surface area contributed by atoms with Crippen molar-refractivity contribution in [1.82, 2.24) is 10.2 Å². The second-order valence-corrected chi connectivity index (χ2v) is 7.31. The molecule has 2 fully saturated rings. The third kappa shape index (κ3) is 4.30. The fraction of sp³-hybridized carbons (Fsp3) is 0.684. The first kappa shape index (κ1) is 15.9. The summed E-state index contributed by atoms with van der Waals surface area (Å²) in [6, 6.07) is 7.66. The van der Waals surface area contributed by atoms with Crippen LogP contribution in [0.25, 0.3) is 0 Å². The number of likely N-dealkylation sites (N-methyl/N-ethyl adjacent to an activating group) is 1. The molecule has 1 aliphatic carbocycles. The van der Waals surface area contributed by atoms with Crippen LogP contribution in [-0.4, -0.2) is 37.6 Å². The van der Waals surface area contributed by atoms with Crippen molar-refractivity contribution in [2.75, 3.05) is 26.7 Å². The molecule has 0 radical (unpaired) electrons. The van der Waals surface area contributed by atoms with Crippen LogP contribution < -0.4 is 5.32 Å². The topological polar surface area (TPSA) is 15.3 Å². The first-order chi connectivity index (χ1) is 10.7. The summed E-state index contributed by atoms with van der Waals surface area (Å²) in [6.07, 6.45) is 8.22. The quantitative estimate of drug-likeness (QED) is 0.910. The van der Waals surface area contributed by atoms with E-state index in [-0.39, 0.29) is 5.82 Å². The summed E-state index contributed by atoms with van der Waals surface area (Å²) < 4.78 is 13.1. The summed E-state index contributed by atoms with van der Waals surface area (Å²) in [5, 5.41) is 3.82. The largest absolute Gasteiger partial charge is 0.312 e. The Labute approximate surface area is 134 Å². The van der Waals surface area contributed by atoms with Gasteiger partial charge in [-0.2, -0.15) is 0 Å². The van der Waals surface area contributed by atoms with Gasteiger partial charge in [0, 0.05) is 19.1 Å². The fourth-order valence-corrected chi connectivity index (χ4v) is 4.17. The van der Waals surface area contributed by atoms with Gasteiger partial charge in [0.1, 0.15) is 5.82 Å². The number of likely N-dealkylation sites (tertiary alicyclic amines) is 1. The first-order valence-corrected chi connectivity index (χ1v) is 8.88. The van der Waals surface area contributed by atoms with E-state index in [9.17, 15) is 4.39 Å². The lowest BCUT2D eigenvalue weighted by Crippen LogP contribution is -2.48. The number of nitrogens with one attached hydrogen (secondary N) is 1. The first-order valence-electron chi connectivity index (χ1n) is 8.88. The van der Waals surface area contributed by atoms with Crippen molar-refractivity contribution in [3.8, 4) is 0 Å². The average Bonchev–Trinajstić information content (AvgIpc) is 2.54. The molecule has 1 aliphatic heterocycles. The van der Waals surface area contributed by atoms with Crippen LogP contribution in [0.2, 0.25) is 0 Å². The molecule has 1 aromatic carbocycles. The minimum atomic E-state index is -0.139. The van der Waals surface area contributed by atoms with Gasteiger partial charge in [0.15, 0.2) is 0 Å². The van der Waals surface area contributed by atoms with E-state index in [4.69, 9.17) is 0 Å². The van der Waals surface area contributed by atoms with Crippen LogP contribution in [0.1, 0.15) is 50.0 Å². The van der Waals surface area contributed by atoms with Crippen molar-refractivity contribution < 1.29 is 4.39 Å². The van der Waals surface area contributed by atoms with Gasteiger partial charge in [0.05, 0.1) is 0 Å². The molecule has 1 aromatic rings. The summed E-state index contributed by atoms with van der Waals surface area (Å²) >= 11 is 0. The Morgan fingerprint density at radius 2 is 1.82 bits per heavy atom. The highest BCUT2D eigenvalue weighted by atomic mass is 19.1. The minimum absolute atomic E-state index is 0.139. The van der Waals surface area contributed by atoms with Gasteiger partial charge in [-0.15, -0.1) is 0 Å². The highest BCUT2D eigenvalue weighted by molar-refractivity contribution is 5.22. The molecule has 2 unspecified atom stereocenters. The Hall–Kier alpha value is -0.930. The second kappa shape index (κ2) is 7.56. The highest BCUT2D eigenvalue weighted by Crippen LogP contribution is 2.28. The van der Waals surface area contributed by atoms with Gasteiger partial charge in [-0.05, 0) is 62.4 Å². The normalized spacial score (nSPS) is 27.9. The van der Waals surface area contributed by atoms with E-state index in [1.54, 1.807) is 12.1 Å². The highest BCUT2D eigenvalue weighted by Gasteiger charge is 2.26.